The molecule has 1 unspecified atom stereocenters. The average Bonchev–Trinajstić information content (AvgIpc) is 3.16. The van der Waals surface area contributed by atoms with Gasteiger partial charge in [-0.25, -0.2) is 4.68 Å². The van der Waals surface area contributed by atoms with Crippen LogP contribution in [0.1, 0.15) is 19.8 Å². The van der Waals surface area contributed by atoms with Gasteiger partial charge in [-0.05, 0) is 24.7 Å². The van der Waals surface area contributed by atoms with Crippen LogP contribution in [0, 0.1) is 24.2 Å². The third-order valence-electron chi connectivity index (χ3n) is 3.27. The lowest BCUT2D eigenvalue weighted by atomic mass is 10.1. The number of aromatic nitrogens is 2. The summed E-state index contributed by atoms with van der Waals surface area (Å²) in [6.45, 7) is 3.09. The number of terminal acetylenes is 1. The molecule has 0 aromatic carbocycles. The van der Waals surface area contributed by atoms with E-state index in [-0.39, 0.29) is 12.1 Å². The Balaban J connectivity index is 2.13. The van der Waals surface area contributed by atoms with Crippen LogP contribution < -0.4 is 10.9 Å². The Morgan fingerprint density at radius 3 is 3.06 bits per heavy atom. The summed E-state index contributed by atoms with van der Waals surface area (Å²) in [6, 6.07) is 0. The first-order chi connectivity index (χ1) is 8.63. The fraction of sp³-hybridized carbons (Fsp3) is 0.538. The Morgan fingerprint density at radius 1 is 1.72 bits per heavy atom. The Hall–Kier alpha value is -1.47. The molecule has 2 rings (SSSR count). The van der Waals surface area contributed by atoms with E-state index >= 15 is 0 Å². The quantitative estimate of drug-likeness (QED) is 0.829. The second-order valence-corrected chi connectivity index (χ2v) is 5.14. The molecule has 1 N–H and O–H groups in total. The number of rotatable bonds is 5. The summed E-state index contributed by atoms with van der Waals surface area (Å²) in [4.78, 5) is 12.0. The van der Waals surface area contributed by atoms with Crippen molar-refractivity contribution in [1.29, 1.82) is 0 Å². The Morgan fingerprint density at radius 2 is 2.44 bits per heavy atom. The highest BCUT2D eigenvalue weighted by molar-refractivity contribution is 6.32. The van der Waals surface area contributed by atoms with Crippen molar-refractivity contribution in [3.63, 3.8) is 0 Å². The standard InChI is InChI=1S/C13H16ClN3O/c1-3-6-17-13(18)12(11(14)8-16-17)15-7-9(2)10-4-5-10/h1,8-10,15H,4-7H2,2H3. The number of hydrogen-bond donors (Lipinski definition) is 1. The zero-order valence-corrected chi connectivity index (χ0v) is 11.1. The van der Waals surface area contributed by atoms with Crippen LogP contribution in [0.3, 0.4) is 0 Å². The molecular formula is C13H16ClN3O. The zero-order chi connectivity index (χ0) is 13.1. The van der Waals surface area contributed by atoms with Gasteiger partial charge < -0.3 is 5.32 Å². The van der Waals surface area contributed by atoms with Crippen LogP contribution in [-0.4, -0.2) is 16.3 Å². The second-order valence-electron chi connectivity index (χ2n) is 4.73. The minimum absolute atomic E-state index is 0.156. The van der Waals surface area contributed by atoms with Gasteiger partial charge in [-0.1, -0.05) is 24.4 Å². The van der Waals surface area contributed by atoms with E-state index in [0.717, 1.165) is 12.5 Å². The maximum atomic E-state index is 12.0. The largest absolute Gasteiger partial charge is 0.379 e. The summed E-state index contributed by atoms with van der Waals surface area (Å²) < 4.78 is 1.23. The number of nitrogens with one attached hydrogen (secondary N) is 1. The van der Waals surface area contributed by atoms with E-state index in [4.69, 9.17) is 18.0 Å². The molecule has 1 aromatic rings. The third-order valence-corrected chi connectivity index (χ3v) is 3.55. The van der Waals surface area contributed by atoms with Crippen molar-refractivity contribution in [3.8, 4) is 12.3 Å². The van der Waals surface area contributed by atoms with Crippen LogP contribution in [-0.2, 0) is 6.54 Å². The minimum atomic E-state index is -0.261. The normalized spacial score (nSPS) is 16.1. The number of nitrogens with zero attached hydrogens (tertiary/aromatic N) is 2. The van der Waals surface area contributed by atoms with E-state index in [1.54, 1.807) is 0 Å². The van der Waals surface area contributed by atoms with Gasteiger partial charge in [0.25, 0.3) is 5.56 Å². The Bertz CT molecular complexity index is 528. The summed E-state index contributed by atoms with van der Waals surface area (Å²) >= 11 is 5.99. The number of anilines is 1. The molecule has 1 fully saturated rings. The highest BCUT2D eigenvalue weighted by Crippen LogP contribution is 2.36. The first kappa shape index (κ1) is 13.0. The predicted molar refractivity (Wildman–Crippen MR) is 72.7 cm³/mol. The number of hydrogen-bond acceptors (Lipinski definition) is 3. The smallest absolute Gasteiger partial charge is 0.292 e. The molecule has 18 heavy (non-hydrogen) atoms. The maximum absolute atomic E-state index is 12.0. The van der Waals surface area contributed by atoms with E-state index in [1.807, 2.05) is 0 Å². The molecule has 1 aliphatic rings. The summed E-state index contributed by atoms with van der Waals surface area (Å²) in [5.74, 6) is 3.73. The van der Waals surface area contributed by atoms with Crippen LogP contribution in [0.2, 0.25) is 5.02 Å². The molecule has 1 aromatic heterocycles. The molecular weight excluding hydrogens is 250 g/mol. The Labute approximate surface area is 111 Å². The van der Waals surface area contributed by atoms with Gasteiger partial charge in [0.15, 0.2) is 0 Å². The van der Waals surface area contributed by atoms with E-state index in [1.165, 1.54) is 23.7 Å². The summed E-state index contributed by atoms with van der Waals surface area (Å²) in [6.07, 6.45) is 9.21. The van der Waals surface area contributed by atoms with E-state index in [0.29, 0.717) is 16.6 Å². The molecule has 0 radical (unpaired) electrons. The first-order valence-electron chi connectivity index (χ1n) is 6.06. The molecule has 0 amide bonds. The molecule has 0 saturated heterocycles. The lowest BCUT2D eigenvalue weighted by Crippen LogP contribution is -2.27. The van der Waals surface area contributed by atoms with E-state index < -0.39 is 0 Å². The van der Waals surface area contributed by atoms with Crippen LogP contribution in [0.4, 0.5) is 5.69 Å². The highest BCUT2D eigenvalue weighted by atomic mass is 35.5. The SMILES string of the molecule is C#CCn1ncc(Cl)c(NCC(C)C2CC2)c1=O. The topological polar surface area (TPSA) is 46.9 Å². The lowest BCUT2D eigenvalue weighted by molar-refractivity contribution is 0.535. The minimum Gasteiger partial charge on any atom is -0.379 e. The fourth-order valence-electron chi connectivity index (χ4n) is 1.92. The molecule has 0 bridgehead atoms. The molecule has 0 aliphatic heterocycles. The van der Waals surface area contributed by atoms with Crippen molar-refractivity contribution in [1.82, 2.24) is 9.78 Å². The Kier molecular flexibility index (Phi) is 3.93. The zero-order valence-electron chi connectivity index (χ0n) is 10.3. The van der Waals surface area contributed by atoms with Gasteiger partial charge >= 0.3 is 0 Å². The average molecular weight is 266 g/mol. The van der Waals surface area contributed by atoms with Crippen LogP contribution in [0.15, 0.2) is 11.0 Å². The summed E-state index contributed by atoms with van der Waals surface area (Å²) in [5.41, 5.74) is 0.137. The van der Waals surface area contributed by atoms with Gasteiger partial charge in [-0.2, -0.15) is 5.10 Å². The lowest BCUT2D eigenvalue weighted by Gasteiger charge is -2.13. The van der Waals surface area contributed by atoms with Gasteiger partial charge in [0, 0.05) is 6.54 Å². The molecule has 1 aliphatic carbocycles. The summed E-state index contributed by atoms with van der Waals surface area (Å²) in [5, 5.41) is 7.36. The van der Waals surface area contributed by atoms with Gasteiger partial charge in [0.2, 0.25) is 0 Å². The number of halogens is 1. The fourth-order valence-corrected chi connectivity index (χ4v) is 2.11. The van der Waals surface area contributed by atoms with Gasteiger partial charge in [0.05, 0.1) is 11.2 Å². The predicted octanol–water partition coefficient (Wildman–Crippen LogP) is 1.99. The van der Waals surface area contributed by atoms with Crippen molar-refractivity contribution in [2.45, 2.75) is 26.3 Å². The van der Waals surface area contributed by atoms with Crippen LogP contribution in [0.25, 0.3) is 0 Å². The first-order valence-corrected chi connectivity index (χ1v) is 6.44. The maximum Gasteiger partial charge on any atom is 0.292 e. The van der Waals surface area contributed by atoms with Crippen LogP contribution in [0.5, 0.6) is 0 Å². The van der Waals surface area contributed by atoms with Crippen molar-refractivity contribution >= 4 is 17.3 Å². The van der Waals surface area contributed by atoms with E-state index in [2.05, 4.69) is 23.3 Å². The van der Waals surface area contributed by atoms with Gasteiger partial charge in [-0.15, -0.1) is 6.42 Å². The molecule has 4 nitrogen and oxygen atoms in total. The van der Waals surface area contributed by atoms with Crippen molar-refractivity contribution in [2.24, 2.45) is 11.8 Å². The van der Waals surface area contributed by atoms with Gasteiger partial charge in [-0.3, -0.25) is 4.79 Å². The second kappa shape index (κ2) is 5.45. The van der Waals surface area contributed by atoms with Gasteiger partial charge in [0.1, 0.15) is 12.2 Å². The molecule has 1 atom stereocenters. The summed E-state index contributed by atoms with van der Waals surface area (Å²) in [7, 11) is 0. The third kappa shape index (κ3) is 2.85. The highest BCUT2D eigenvalue weighted by Gasteiger charge is 2.27. The van der Waals surface area contributed by atoms with Crippen molar-refractivity contribution in [2.75, 3.05) is 11.9 Å². The van der Waals surface area contributed by atoms with E-state index in [9.17, 15) is 4.79 Å². The van der Waals surface area contributed by atoms with Crippen LogP contribution >= 0.6 is 11.6 Å². The monoisotopic (exact) mass is 265 g/mol. The molecule has 5 heteroatoms. The molecule has 1 saturated carbocycles. The molecule has 0 spiro atoms. The molecule has 1 heterocycles. The van der Waals surface area contributed by atoms with Crippen molar-refractivity contribution < 1.29 is 0 Å². The molecule has 96 valence electrons. The van der Waals surface area contributed by atoms with Crippen molar-refractivity contribution in [3.05, 3.63) is 21.6 Å².